The maximum Gasteiger partial charge on any atom is 0.222 e. The van der Waals surface area contributed by atoms with Gasteiger partial charge in [0.25, 0.3) is 0 Å². The van der Waals surface area contributed by atoms with Gasteiger partial charge in [-0.1, -0.05) is 34.6 Å². The SMILES string of the molecule is CC(C)CCC(=O)N1CCC(C)CCC1C(C)C. The molecule has 0 aromatic rings. The third kappa shape index (κ3) is 4.62. The van der Waals surface area contributed by atoms with E-state index in [0.717, 1.165) is 25.3 Å². The Balaban J connectivity index is 2.64. The average Bonchev–Trinajstić information content (AvgIpc) is 2.48. The number of rotatable bonds is 4. The van der Waals surface area contributed by atoms with E-state index in [1.54, 1.807) is 0 Å². The molecule has 2 unspecified atom stereocenters. The van der Waals surface area contributed by atoms with Gasteiger partial charge in [0.05, 0.1) is 0 Å². The van der Waals surface area contributed by atoms with Crippen LogP contribution in [0.4, 0.5) is 0 Å². The van der Waals surface area contributed by atoms with Gasteiger partial charge in [0.1, 0.15) is 0 Å². The summed E-state index contributed by atoms with van der Waals surface area (Å²) in [5.41, 5.74) is 0. The molecule has 0 aromatic carbocycles. The molecule has 0 saturated carbocycles. The molecule has 0 aromatic heterocycles. The Morgan fingerprint density at radius 3 is 2.39 bits per heavy atom. The summed E-state index contributed by atoms with van der Waals surface area (Å²) in [6.07, 6.45) is 5.39. The van der Waals surface area contributed by atoms with Crippen molar-refractivity contribution in [2.24, 2.45) is 17.8 Å². The van der Waals surface area contributed by atoms with Gasteiger partial charge in [-0.05, 0) is 43.4 Å². The normalized spacial score (nSPS) is 25.6. The molecule has 1 aliphatic rings. The topological polar surface area (TPSA) is 20.3 Å². The van der Waals surface area contributed by atoms with Crippen molar-refractivity contribution in [1.29, 1.82) is 0 Å². The molecule has 1 aliphatic heterocycles. The summed E-state index contributed by atoms with van der Waals surface area (Å²) in [4.78, 5) is 14.6. The number of hydrogen-bond donors (Lipinski definition) is 0. The van der Waals surface area contributed by atoms with Gasteiger partial charge in [-0.15, -0.1) is 0 Å². The first-order chi connectivity index (χ1) is 8.41. The predicted molar refractivity (Wildman–Crippen MR) is 77.4 cm³/mol. The Kier molecular flexibility index (Phi) is 6.17. The van der Waals surface area contributed by atoms with Crippen molar-refractivity contribution in [3.63, 3.8) is 0 Å². The van der Waals surface area contributed by atoms with Gasteiger partial charge >= 0.3 is 0 Å². The summed E-state index contributed by atoms with van der Waals surface area (Å²) in [5, 5.41) is 0. The van der Waals surface area contributed by atoms with Crippen LogP contribution in [0.5, 0.6) is 0 Å². The highest BCUT2D eigenvalue weighted by atomic mass is 16.2. The zero-order valence-electron chi connectivity index (χ0n) is 12.9. The molecule has 1 fully saturated rings. The minimum absolute atomic E-state index is 0.386. The van der Waals surface area contributed by atoms with Crippen LogP contribution in [0.1, 0.15) is 66.7 Å². The van der Waals surface area contributed by atoms with E-state index in [0.29, 0.717) is 23.8 Å². The standard InChI is InChI=1S/C16H31NO/c1-12(2)6-9-16(18)17-11-10-14(5)7-8-15(17)13(3)4/h12-15H,6-11H2,1-5H3. The van der Waals surface area contributed by atoms with Gasteiger partial charge in [-0.25, -0.2) is 0 Å². The lowest BCUT2D eigenvalue weighted by molar-refractivity contribution is -0.134. The molecule has 1 amide bonds. The average molecular weight is 253 g/mol. The molecule has 0 aliphatic carbocycles. The Labute approximate surface area is 113 Å². The fourth-order valence-electron chi connectivity index (χ4n) is 2.84. The number of carbonyl (C=O) groups is 1. The molecule has 2 heteroatoms. The minimum Gasteiger partial charge on any atom is -0.339 e. The molecule has 0 radical (unpaired) electrons. The number of nitrogens with zero attached hydrogens (tertiary/aromatic N) is 1. The molecular weight excluding hydrogens is 222 g/mol. The molecule has 2 nitrogen and oxygen atoms in total. The van der Waals surface area contributed by atoms with Crippen LogP contribution < -0.4 is 0 Å². The minimum atomic E-state index is 0.386. The molecule has 1 rings (SSSR count). The third-order valence-corrected chi connectivity index (χ3v) is 4.24. The summed E-state index contributed by atoms with van der Waals surface area (Å²) in [6.45, 7) is 12.2. The summed E-state index contributed by atoms with van der Waals surface area (Å²) < 4.78 is 0. The van der Waals surface area contributed by atoms with Crippen molar-refractivity contribution >= 4 is 5.91 Å². The predicted octanol–water partition coefficient (Wildman–Crippen LogP) is 4.10. The lowest BCUT2D eigenvalue weighted by Gasteiger charge is -2.33. The van der Waals surface area contributed by atoms with Gasteiger partial charge in [-0.2, -0.15) is 0 Å². The molecule has 1 saturated heterocycles. The van der Waals surface area contributed by atoms with Crippen molar-refractivity contribution in [2.45, 2.75) is 72.8 Å². The first-order valence-electron chi connectivity index (χ1n) is 7.71. The molecule has 0 spiro atoms. The Bertz CT molecular complexity index is 260. The van der Waals surface area contributed by atoms with E-state index in [2.05, 4.69) is 39.5 Å². The van der Waals surface area contributed by atoms with Gasteiger partial charge in [0.2, 0.25) is 5.91 Å². The third-order valence-electron chi connectivity index (χ3n) is 4.24. The molecule has 0 N–H and O–H groups in total. The molecule has 106 valence electrons. The van der Waals surface area contributed by atoms with E-state index in [1.807, 2.05) is 0 Å². The first kappa shape index (κ1) is 15.5. The van der Waals surface area contributed by atoms with Crippen LogP contribution in [-0.4, -0.2) is 23.4 Å². The van der Waals surface area contributed by atoms with E-state index >= 15 is 0 Å². The molecular formula is C16H31NO. The highest BCUT2D eigenvalue weighted by Gasteiger charge is 2.29. The monoisotopic (exact) mass is 253 g/mol. The van der Waals surface area contributed by atoms with E-state index < -0.39 is 0 Å². The fourth-order valence-corrected chi connectivity index (χ4v) is 2.84. The first-order valence-corrected chi connectivity index (χ1v) is 7.71. The van der Waals surface area contributed by atoms with Crippen molar-refractivity contribution in [3.8, 4) is 0 Å². The van der Waals surface area contributed by atoms with Crippen molar-refractivity contribution < 1.29 is 4.79 Å². The van der Waals surface area contributed by atoms with Gasteiger partial charge < -0.3 is 4.90 Å². The largest absolute Gasteiger partial charge is 0.339 e. The van der Waals surface area contributed by atoms with Gasteiger partial charge in [0, 0.05) is 19.0 Å². The zero-order valence-corrected chi connectivity index (χ0v) is 12.9. The lowest BCUT2D eigenvalue weighted by Crippen LogP contribution is -2.42. The Morgan fingerprint density at radius 1 is 1.17 bits per heavy atom. The van der Waals surface area contributed by atoms with Crippen molar-refractivity contribution in [1.82, 2.24) is 4.90 Å². The maximum atomic E-state index is 12.4. The van der Waals surface area contributed by atoms with E-state index in [9.17, 15) is 4.79 Å². The summed E-state index contributed by atoms with van der Waals surface area (Å²) in [5.74, 6) is 2.36. The van der Waals surface area contributed by atoms with E-state index in [4.69, 9.17) is 0 Å². The molecule has 1 heterocycles. The van der Waals surface area contributed by atoms with Crippen LogP contribution in [0.25, 0.3) is 0 Å². The quantitative estimate of drug-likeness (QED) is 0.739. The highest BCUT2D eigenvalue weighted by molar-refractivity contribution is 5.76. The smallest absolute Gasteiger partial charge is 0.222 e. The number of amides is 1. The molecule has 18 heavy (non-hydrogen) atoms. The van der Waals surface area contributed by atoms with Crippen LogP contribution in [0, 0.1) is 17.8 Å². The van der Waals surface area contributed by atoms with E-state index in [1.165, 1.54) is 19.3 Å². The van der Waals surface area contributed by atoms with Gasteiger partial charge in [0.15, 0.2) is 0 Å². The van der Waals surface area contributed by atoms with E-state index in [-0.39, 0.29) is 0 Å². The summed E-state index contributed by atoms with van der Waals surface area (Å²) in [7, 11) is 0. The molecule has 0 bridgehead atoms. The summed E-state index contributed by atoms with van der Waals surface area (Å²) in [6, 6.07) is 0.467. The van der Waals surface area contributed by atoms with Crippen LogP contribution in [0.15, 0.2) is 0 Å². The van der Waals surface area contributed by atoms with Crippen molar-refractivity contribution in [3.05, 3.63) is 0 Å². The number of hydrogen-bond acceptors (Lipinski definition) is 1. The maximum absolute atomic E-state index is 12.4. The number of likely N-dealkylation sites (tertiary alicyclic amines) is 1. The van der Waals surface area contributed by atoms with Crippen LogP contribution in [0.2, 0.25) is 0 Å². The fraction of sp³-hybridized carbons (Fsp3) is 0.938. The van der Waals surface area contributed by atoms with Crippen LogP contribution in [-0.2, 0) is 4.79 Å². The second-order valence-corrected chi connectivity index (χ2v) is 6.80. The Morgan fingerprint density at radius 2 is 1.83 bits per heavy atom. The van der Waals surface area contributed by atoms with Crippen molar-refractivity contribution in [2.75, 3.05) is 6.54 Å². The van der Waals surface area contributed by atoms with Crippen LogP contribution in [0.3, 0.4) is 0 Å². The van der Waals surface area contributed by atoms with Gasteiger partial charge in [-0.3, -0.25) is 4.79 Å². The summed E-state index contributed by atoms with van der Waals surface area (Å²) >= 11 is 0. The second-order valence-electron chi connectivity index (χ2n) is 6.80. The zero-order chi connectivity index (χ0) is 13.7. The van der Waals surface area contributed by atoms with Crippen LogP contribution >= 0.6 is 0 Å². The Hall–Kier alpha value is -0.530. The second kappa shape index (κ2) is 7.16. The number of carbonyl (C=O) groups excluding carboxylic acids is 1. The molecule has 2 atom stereocenters. The highest BCUT2D eigenvalue weighted by Crippen LogP contribution is 2.26. The lowest BCUT2D eigenvalue weighted by atomic mass is 9.95.